The fourth-order valence-corrected chi connectivity index (χ4v) is 3.44. The van der Waals surface area contributed by atoms with Crippen molar-refractivity contribution in [2.45, 2.75) is 16.2 Å². The van der Waals surface area contributed by atoms with Gasteiger partial charge in [0, 0.05) is 4.90 Å². The third-order valence-corrected chi connectivity index (χ3v) is 4.76. The number of para-hydroxylation sites is 2. The fraction of sp³-hybridized carbons (Fsp3) is 0.0500. The minimum atomic E-state index is -0.252. The molecule has 3 aromatic rings. The molecule has 0 bridgehead atoms. The number of rotatable bonds is 4. The smallest absolute Gasteiger partial charge is 0.165 e. The molecule has 0 saturated heterocycles. The lowest BCUT2D eigenvalue weighted by Crippen LogP contribution is -2.23. The van der Waals surface area contributed by atoms with Gasteiger partial charge in [-0.3, -0.25) is 0 Å². The molecule has 4 rings (SSSR count). The Kier molecular flexibility index (Phi) is 4.19. The highest BCUT2D eigenvalue weighted by atomic mass is 32.2. The van der Waals surface area contributed by atoms with Gasteiger partial charge in [-0.15, -0.1) is 0 Å². The van der Waals surface area contributed by atoms with Crippen LogP contribution in [0.2, 0.25) is 0 Å². The summed E-state index contributed by atoms with van der Waals surface area (Å²) in [5.41, 5.74) is 2.56. The van der Waals surface area contributed by atoms with Gasteiger partial charge in [0.2, 0.25) is 0 Å². The lowest BCUT2D eigenvalue weighted by molar-refractivity contribution is 0.466. The highest BCUT2D eigenvalue weighted by Crippen LogP contribution is 2.32. The zero-order chi connectivity index (χ0) is 17.1. The average molecular weight is 345 g/mol. The van der Waals surface area contributed by atoms with Crippen molar-refractivity contribution in [3.8, 4) is 6.07 Å². The number of hydrogen-bond acceptors (Lipinski definition) is 5. The molecule has 0 fully saturated rings. The van der Waals surface area contributed by atoms with E-state index < -0.39 is 0 Å². The van der Waals surface area contributed by atoms with Gasteiger partial charge in [-0.1, -0.05) is 42.1 Å². The summed E-state index contributed by atoms with van der Waals surface area (Å²) in [5.74, 6) is 0.662. The molecule has 0 amide bonds. The number of benzene rings is 2. The largest absolute Gasteiger partial charge is 0.450 e. The molecule has 1 aliphatic rings. The number of fused-ring (bicyclic) bond motifs is 1. The Balaban J connectivity index is 1.51. The molecule has 0 unspecified atom stereocenters. The molecule has 0 aliphatic carbocycles. The number of furan rings is 1. The maximum absolute atomic E-state index is 9.52. The van der Waals surface area contributed by atoms with Crippen LogP contribution in [0.25, 0.3) is 6.08 Å². The first-order valence-corrected chi connectivity index (χ1v) is 8.70. The number of nitriles is 1. The quantitative estimate of drug-likeness (QED) is 0.636. The van der Waals surface area contributed by atoms with Crippen molar-refractivity contribution < 1.29 is 4.42 Å². The highest BCUT2D eigenvalue weighted by Gasteiger charge is 2.22. The molecule has 0 radical (unpaired) electrons. The molecule has 5 heteroatoms. The van der Waals surface area contributed by atoms with Crippen molar-refractivity contribution in [1.82, 2.24) is 0 Å². The van der Waals surface area contributed by atoms with Gasteiger partial charge in [-0.2, -0.15) is 5.26 Å². The van der Waals surface area contributed by atoms with Gasteiger partial charge in [0.15, 0.2) is 5.09 Å². The monoisotopic (exact) mass is 345 g/mol. The van der Waals surface area contributed by atoms with Crippen LogP contribution in [0.15, 0.2) is 86.7 Å². The van der Waals surface area contributed by atoms with Crippen LogP contribution in [0.3, 0.4) is 0 Å². The molecule has 0 atom stereocenters. The van der Waals surface area contributed by atoms with Crippen LogP contribution < -0.4 is 10.6 Å². The Morgan fingerprint density at radius 1 is 0.960 bits per heavy atom. The maximum Gasteiger partial charge on any atom is 0.165 e. The number of anilines is 2. The summed E-state index contributed by atoms with van der Waals surface area (Å²) in [6.45, 7) is 0. The normalized spacial score (nSPS) is 13.6. The minimum Gasteiger partial charge on any atom is -0.450 e. The Hall–Kier alpha value is -3.10. The standard InChI is InChI=1S/C20H15N3OS/c21-13-14(20-22-17-8-4-5-9-18(17)23-20)12-15-10-11-19(24-15)25-16-6-2-1-3-7-16/h1-12,20,22-23H. The zero-order valence-electron chi connectivity index (χ0n) is 13.3. The molecule has 1 aliphatic heterocycles. The molecular formula is C20H15N3OS. The van der Waals surface area contributed by atoms with Crippen molar-refractivity contribution >= 4 is 29.2 Å². The summed E-state index contributed by atoms with van der Waals surface area (Å²) < 4.78 is 5.84. The Morgan fingerprint density at radius 3 is 2.32 bits per heavy atom. The number of nitrogens with zero attached hydrogens (tertiary/aromatic N) is 1. The van der Waals surface area contributed by atoms with Gasteiger partial charge in [0.05, 0.1) is 23.0 Å². The lowest BCUT2D eigenvalue weighted by atomic mass is 10.2. The average Bonchev–Trinajstić information content (AvgIpc) is 3.27. The molecule has 0 spiro atoms. The van der Waals surface area contributed by atoms with E-state index in [1.807, 2.05) is 66.7 Å². The fourth-order valence-electron chi connectivity index (χ4n) is 2.64. The second-order valence-electron chi connectivity index (χ2n) is 5.55. The van der Waals surface area contributed by atoms with Crippen LogP contribution in [0.1, 0.15) is 5.76 Å². The van der Waals surface area contributed by atoms with Crippen LogP contribution in [0.4, 0.5) is 11.4 Å². The zero-order valence-corrected chi connectivity index (χ0v) is 14.1. The summed E-state index contributed by atoms with van der Waals surface area (Å²) in [6.07, 6.45) is 1.52. The molecular weight excluding hydrogens is 330 g/mol. The minimum absolute atomic E-state index is 0.252. The van der Waals surface area contributed by atoms with Crippen LogP contribution >= 0.6 is 11.8 Å². The van der Waals surface area contributed by atoms with E-state index in [9.17, 15) is 5.26 Å². The summed E-state index contributed by atoms with van der Waals surface area (Å²) >= 11 is 1.56. The molecule has 0 saturated carbocycles. The van der Waals surface area contributed by atoms with E-state index in [1.54, 1.807) is 17.8 Å². The van der Waals surface area contributed by atoms with Gasteiger partial charge in [0.1, 0.15) is 11.9 Å². The predicted octanol–water partition coefficient (Wildman–Crippen LogP) is 5.20. The Bertz CT molecular complexity index is 931. The first-order valence-electron chi connectivity index (χ1n) is 7.88. The topological polar surface area (TPSA) is 61.0 Å². The van der Waals surface area contributed by atoms with Gasteiger partial charge < -0.3 is 15.1 Å². The van der Waals surface area contributed by atoms with E-state index in [0.29, 0.717) is 11.3 Å². The van der Waals surface area contributed by atoms with E-state index >= 15 is 0 Å². The van der Waals surface area contributed by atoms with E-state index in [0.717, 1.165) is 21.4 Å². The van der Waals surface area contributed by atoms with Gasteiger partial charge in [0.25, 0.3) is 0 Å². The molecule has 2 N–H and O–H groups in total. The number of nitrogens with one attached hydrogen (secondary N) is 2. The van der Waals surface area contributed by atoms with Gasteiger partial charge >= 0.3 is 0 Å². The second kappa shape index (κ2) is 6.80. The predicted molar refractivity (Wildman–Crippen MR) is 100 cm³/mol. The third kappa shape index (κ3) is 3.39. The molecule has 1 aromatic heterocycles. The molecule has 4 nitrogen and oxygen atoms in total. The van der Waals surface area contributed by atoms with Crippen molar-refractivity contribution in [3.63, 3.8) is 0 Å². The van der Waals surface area contributed by atoms with Crippen molar-refractivity contribution in [1.29, 1.82) is 5.26 Å². The van der Waals surface area contributed by atoms with E-state index in [-0.39, 0.29) is 6.17 Å². The van der Waals surface area contributed by atoms with Crippen LogP contribution in [-0.2, 0) is 0 Å². The van der Waals surface area contributed by atoms with E-state index in [1.165, 1.54) is 0 Å². The van der Waals surface area contributed by atoms with E-state index in [2.05, 4.69) is 16.7 Å². The molecule has 2 aromatic carbocycles. The van der Waals surface area contributed by atoms with E-state index in [4.69, 9.17) is 4.42 Å². The molecule has 25 heavy (non-hydrogen) atoms. The van der Waals surface area contributed by atoms with Crippen LogP contribution in [0, 0.1) is 11.3 Å². The first-order chi connectivity index (χ1) is 12.3. The Morgan fingerprint density at radius 2 is 1.64 bits per heavy atom. The summed E-state index contributed by atoms with van der Waals surface area (Å²) in [7, 11) is 0. The SMILES string of the molecule is N#CC(=Cc1ccc(Sc2ccccc2)o1)C1Nc2ccccc2N1. The number of hydrogen-bond donors (Lipinski definition) is 2. The van der Waals surface area contributed by atoms with Gasteiger partial charge in [-0.25, -0.2) is 0 Å². The van der Waals surface area contributed by atoms with Crippen molar-refractivity contribution in [2.75, 3.05) is 10.6 Å². The van der Waals surface area contributed by atoms with Gasteiger partial charge in [-0.05, 0) is 42.5 Å². The summed E-state index contributed by atoms with van der Waals surface area (Å²) in [4.78, 5) is 1.11. The summed E-state index contributed by atoms with van der Waals surface area (Å²) in [6, 6.07) is 24.0. The highest BCUT2D eigenvalue weighted by molar-refractivity contribution is 7.99. The Labute approximate surface area is 150 Å². The molecule has 2 heterocycles. The lowest BCUT2D eigenvalue weighted by Gasteiger charge is -2.10. The molecule has 122 valence electrons. The summed E-state index contributed by atoms with van der Waals surface area (Å²) in [5, 5.41) is 16.9. The van der Waals surface area contributed by atoms with Crippen molar-refractivity contribution in [3.05, 3.63) is 78.1 Å². The maximum atomic E-state index is 9.52. The third-order valence-electron chi connectivity index (χ3n) is 3.83. The second-order valence-corrected chi connectivity index (χ2v) is 6.63. The van der Waals surface area contributed by atoms with Crippen molar-refractivity contribution in [2.24, 2.45) is 0 Å². The van der Waals surface area contributed by atoms with Crippen LogP contribution in [0.5, 0.6) is 0 Å². The van der Waals surface area contributed by atoms with Crippen LogP contribution in [-0.4, -0.2) is 6.17 Å². The first kappa shape index (κ1) is 15.4.